The Balaban J connectivity index is 1.39. The number of hydrogen-bond acceptors (Lipinski definition) is 6. The summed E-state index contributed by atoms with van der Waals surface area (Å²) >= 11 is 6.45. The van der Waals surface area contributed by atoms with Crippen LogP contribution >= 0.6 is 11.6 Å². The second-order valence-electron chi connectivity index (χ2n) is 14.5. The number of benzene rings is 2. The molecule has 2 N–H and O–H groups in total. The standard InChI is InChI=1S/C38H50ClN3O5S/c1-5-30-10-6-7-11-34(46-22-36(43)40-25(2)3)31-15-12-28(31)21-42-23-38(18-8-9-26-19-29(39)14-16-32(26)38)24-47-35-17-13-27(20-33(35)42)37(44)41-48(30,4)45/h7,11,13-14,16-17,19-20,25,28,30-31,34H,4-6,8-10,12,15,18,21-24H2,1-3H3,(H,40,43)(H,41,44,45)/b11-7+/t28-,30+,31+,34-,38-,48?/m0/s1. The van der Waals surface area contributed by atoms with Crippen molar-refractivity contribution in [1.82, 2.24) is 10.0 Å². The first-order chi connectivity index (χ1) is 23.0. The van der Waals surface area contributed by atoms with E-state index in [0.717, 1.165) is 61.7 Å². The summed E-state index contributed by atoms with van der Waals surface area (Å²) in [6, 6.07) is 11.8. The highest BCUT2D eigenvalue weighted by molar-refractivity contribution is 7.99. The van der Waals surface area contributed by atoms with E-state index in [1.807, 2.05) is 39.0 Å². The Bertz CT molecular complexity index is 1660. The summed E-state index contributed by atoms with van der Waals surface area (Å²) in [6.07, 6.45) is 10.9. The lowest BCUT2D eigenvalue weighted by Gasteiger charge is -2.46. The second-order valence-corrected chi connectivity index (χ2v) is 17.2. The van der Waals surface area contributed by atoms with Gasteiger partial charge >= 0.3 is 0 Å². The first-order valence-corrected chi connectivity index (χ1v) is 19.7. The molecular formula is C38H50ClN3O5S. The summed E-state index contributed by atoms with van der Waals surface area (Å²) in [5, 5.41) is 3.40. The Labute approximate surface area is 291 Å². The lowest BCUT2D eigenvalue weighted by atomic mass is 9.68. The van der Waals surface area contributed by atoms with Crippen LogP contribution in [0.3, 0.4) is 0 Å². The van der Waals surface area contributed by atoms with Gasteiger partial charge in [-0.25, -0.2) is 4.21 Å². The fourth-order valence-corrected chi connectivity index (χ4v) is 9.97. The van der Waals surface area contributed by atoms with Crippen LogP contribution in [0.1, 0.15) is 87.2 Å². The number of aryl methyl sites for hydroxylation is 1. The highest BCUT2D eigenvalue weighted by Gasteiger charge is 2.44. The lowest BCUT2D eigenvalue weighted by Crippen LogP contribution is -2.50. The SMILES string of the molecule is C=S1(=O)NC(=O)c2ccc3c(c2)N(C[C@@H]2CC[C@H]2[C@@H](OCC(=O)NC(C)C)/C=C/CC[C@H]1CC)C[C@@]1(CCCc2cc(Cl)ccc21)CO3. The molecule has 8 nitrogen and oxygen atoms in total. The van der Waals surface area contributed by atoms with Crippen LogP contribution in [0.2, 0.25) is 5.02 Å². The molecule has 2 aliphatic carbocycles. The minimum atomic E-state index is -2.93. The molecule has 2 amide bonds. The number of ether oxygens (including phenoxy) is 2. The maximum Gasteiger partial charge on any atom is 0.262 e. The highest BCUT2D eigenvalue weighted by atomic mass is 35.5. The van der Waals surface area contributed by atoms with E-state index >= 15 is 0 Å². The molecular weight excluding hydrogens is 646 g/mol. The molecule has 2 aliphatic heterocycles. The molecule has 0 aromatic heterocycles. The average molecular weight is 696 g/mol. The van der Waals surface area contributed by atoms with Gasteiger partial charge in [-0.2, -0.15) is 0 Å². The summed E-state index contributed by atoms with van der Waals surface area (Å²) < 4.78 is 29.6. The Morgan fingerprint density at radius 3 is 2.81 bits per heavy atom. The molecule has 0 saturated heterocycles. The Hall–Kier alpha value is -3.01. The van der Waals surface area contributed by atoms with Crippen LogP contribution < -0.4 is 19.7 Å². The molecule has 2 bridgehead atoms. The van der Waals surface area contributed by atoms with Crippen LogP contribution in [0, 0.1) is 11.8 Å². The van der Waals surface area contributed by atoms with Crippen LogP contribution in [0.4, 0.5) is 5.69 Å². The molecule has 0 radical (unpaired) electrons. The van der Waals surface area contributed by atoms with Crippen LogP contribution in [0.5, 0.6) is 5.75 Å². The average Bonchev–Trinajstić information content (AvgIpc) is 3.17. The summed E-state index contributed by atoms with van der Waals surface area (Å²) in [6.45, 7) is 7.87. The zero-order valence-corrected chi connectivity index (χ0v) is 30.0. The largest absolute Gasteiger partial charge is 0.490 e. The molecule has 1 unspecified atom stereocenters. The number of allylic oxidation sites excluding steroid dienone is 1. The number of nitrogens with zero attached hydrogens (tertiary/aromatic N) is 1. The molecule has 4 aliphatic rings. The Morgan fingerprint density at radius 2 is 2.06 bits per heavy atom. The van der Waals surface area contributed by atoms with Crippen molar-refractivity contribution in [1.29, 1.82) is 0 Å². The van der Waals surface area contributed by atoms with Gasteiger partial charge in [0.15, 0.2) is 0 Å². The van der Waals surface area contributed by atoms with Gasteiger partial charge in [-0.15, -0.1) is 0 Å². The van der Waals surface area contributed by atoms with Gasteiger partial charge in [0.05, 0.1) is 28.1 Å². The molecule has 2 aromatic carbocycles. The molecule has 1 spiro atoms. The molecule has 2 aromatic rings. The Kier molecular flexibility index (Phi) is 10.5. The molecule has 6 rings (SSSR count). The number of anilines is 1. The number of carbonyl (C=O) groups excluding carboxylic acids is 2. The topological polar surface area (TPSA) is 97.0 Å². The number of halogens is 1. The van der Waals surface area contributed by atoms with E-state index in [2.05, 4.69) is 45.1 Å². The number of carbonyl (C=O) groups is 2. The van der Waals surface area contributed by atoms with Crippen molar-refractivity contribution >= 4 is 44.7 Å². The van der Waals surface area contributed by atoms with Crippen molar-refractivity contribution in [3.05, 3.63) is 70.3 Å². The number of hydrogen-bond donors (Lipinski definition) is 2. The number of rotatable bonds is 5. The van der Waals surface area contributed by atoms with Crippen molar-refractivity contribution in [3.8, 4) is 5.75 Å². The van der Waals surface area contributed by atoms with Crippen molar-refractivity contribution in [2.75, 3.05) is 31.2 Å². The third-order valence-electron chi connectivity index (χ3n) is 10.7. The third-order valence-corrected chi connectivity index (χ3v) is 13.2. The van der Waals surface area contributed by atoms with Gasteiger partial charge in [-0.05, 0) is 124 Å². The number of fused-ring (bicyclic) bond motifs is 4. The third kappa shape index (κ3) is 7.43. The molecule has 1 fully saturated rings. The van der Waals surface area contributed by atoms with E-state index in [0.29, 0.717) is 37.4 Å². The van der Waals surface area contributed by atoms with Gasteiger partial charge in [0.2, 0.25) is 5.91 Å². The van der Waals surface area contributed by atoms with Gasteiger partial charge < -0.3 is 19.7 Å². The van der Waals surface area contributed by atoms with Gasteiger partial charge in [0, 0.05) is 40.4 Å². The van der Waals surface area contributed by atoms with Crippen LogP contribution in [0.25, 0.3) is 0 Å². The number of amides is 2. The fraction of sp³-hybridized carbons (Fsp3) is 0.553. The van der Waals surface area contributed by atoms with Crippen LogP contribution in [0.15, 0.2) is 48.6 Å². The molecule has 6 atom stereocenters. The lowest BCUT2D eigenvalue weighted by molar-refractivity contribution is -0.129. The van der Waals surface area contributed by atoms with Gasteiger partial charge in [0.25, 0.3) is 5.91 Å². The maximum atomic E-state index is 13.8. The van der Waals surface area contributed by atoms with Gasteiger partial charge in [0.1, 0.15) is 12.4 Å². The molecule has 260 valence electrons. The highest BCUT2D eigenvalue weighted by Crippen LogP contribution is 2.47. The minimum Gasteiger partial charge on any atom is -0.490 e. The quantitative estimate of drug-likeness (QED) is 0.284. The van der Waals surface area contributed by atoms with E-state index in [9.17, 15) is 13.8 Å². The van der Waals surface area contributed by atoms with Crippen LogP contribution in [-0.2, 0) is 31.1 Å². The van der Waals surface area contributed by atoms with Crippen molar-refractivity contribution in [2.45, 2.75) is 94.9 Å². The zero-order valence-electron chi connectivity index (χ0n) is 28.5. The summed E-state index contributed by atoms with van der Waals surface area (Å²) in [4.78, 5) is 28.7. The predicted molar refractivity (Wildman–Crippen MR) is 195 cm³/mol. The molecule has 2 heterocycles. The van der Waals surface area contributed by atoms with Gasteiger partial charge in [-0.1, -0.05) is 36.7 Å². The normalized spacial score (nSPS) is 31.0. The summed E-state index contributed by atoms with van der Waals surface area (Å²) in [7, 11) is -2.93. The van der Waals surface area contributed by atoms with Crippen LogP contribution in [-0.4, -0.2) is 65.6 Å². The van der Waals surface area contributed by atoms with Crippen molar-refractivity contribution in [2.24, 2.45) is 11.8 Å². The van der Waals surface area contributed by atoms with Crippen molar-refractivity contribution < 1.29 is 23.3 Å². The van der Waals surface area contributed by atoms with E-state index in [1.54, 1.807) is 6.07 Å². The van der Waals surface area contributed by atoms with E-state index in [-0.39, 0.29) is 47.1 Å². The smallest absolute Gasteiger partial charge is 0.262 e. The Morgan fingerprint density at radius 1 is 1.23 bits per heavy atom. The second kappa shape index (κ2) is 14.5. The van der Waals surface area contributed by atoms with Crippen molar-refractivity contribution in [3.63, 3.8) is 0 Å². The summed E-state index contributed by atoms with van der Waals surface area (Å²) in [5.74, 6) is 4.79. The monoisotopic (exact) mass is 695 g/mol. The van der Waals surface area contributed by atoms with E-state index < -0.39 is 9.71 Å². The molecule has 10 heteroatoms. The van der Waals surface area contributed by atoms with Gasteiger partial charge in [-0.3, -0.25) is 14.3 Å². The zero-order chi connectivity index (χ0) is 34.1. The minimum absolute atomic E-state index is 0.00107. The first-order valence-electron chi connectivity index (χ1n) is 17.5. The van der Waals surface area contributed by atoms with E-state index in [4.69, 9.17) is 21.1 Å². The molecule has 1 saturated carbocycles. The first kappa shape index (κ1) is 34.8. The summed E-state index contributed by atoms with van der Waals surface area (Å²) in [5.41, 5.74) is 3.61. The maximum absolute atomic E-state index is 13.8. The fourth-order valence-electron chi connectivity index (χ4n) is 8.13. The molecule has 48 heavy (non-hydrogen) atoms. The predicted octanol–water partition coefficient (Wildman–Crippen LogP) is 6.24. The van der Waals surface area contributed by atoms with E-state index in [1.165, 1.54) is 11.1 Å². The number of nitrogens with one attached hydrogen (secondary N) is 2.